The van der Waals surface area contributed by atoms with Gasteiger partial charge in [-0.3, -0.25) is 9.69 Å². The summed E-state index contributed by atoms with van der Waals surface area (Å²) < 4.78 is 27.7. The molecule has 25 heavy (non-hydrogen) atoms. The number of piperazine rings is 1. The van der Waals surface area contributed by atoms with Crippen LogP contribution in [0, 0.1) is 0 Å². The van der Waals surface area contributed by atoms with Crippen molar-refractivity contribution in [2.75, 3.05) is 32.7 Å². The first-order chi connectivity index (χ1) is 11.6. The molecule has 1 saturated heterocycles. The first-order valence-electron chi connectivity index (χ1n) is 7.77. The standard InChI is InChI=1S/C15H20BrCl2N3O3S/c1-10(2)19-14(22)9-20-3-5-21(6-4-20)25(23,24)15-12(17)7-11(16)8-13(15)18/h7-8,10H,3-6,9H2,1-2H3,(H,19,22). The lowest BCUT2D eigenvalue weighted by molar-refractivity contribution is -0.123. The van der Waals surface area contributed by atoms with Crippen LogP contribution in [0.2, 0.25) is 10.0 Å². The molecule has 0 unspecified atom stereocenters. The normalized spacial score (nSPS) is 17.0. The molecule has 0 bridgehead atoms. The van der Waals surface area contributed by atoms with E-state index in [1.807, 2.05) is 18.7 Å². The molecular weight excluding hydrogens is 453 g/mol. The van der Waals surface area contributed by atoms with Crippen LogP contribution >= 0.6 is 39.1 Å². The molecule has 0 aromatic heterocycles. The second kappa shape index (κ2) is 8.54. The number of rotatable bonds is 5. The number of benzene rings is 1. The second-order valence-corrected chi connectivity index (χ2v) is 9.71. The van der Waals surface area contributed by atoms with Crippen molar-refractivity contribution >= 4 is 55.1 Å². The lowest BCUT2D eigenvalue weighted by Crippen LogP contribution is -2.51. The molecule has 1 heterocycles. The maximum Gasteiger partial charge on any atom is 0.246 e. The van der Waals surface area contributed by atoms with Gasteiger partial charge in [-0.15, -0.1) is 0 Å². The van der Waals surface area contributed by atoms with E-state index in [1.165, 1.54) is 16.4 Å². The molecule has 0 saturated carbocycles. The predicted molar refractivity (Wildman–Crippen MR) is 103 cm³/mol. The summed E-state index contributed by atoms with van der Waals surface area (Å²) in [6.45, 7) is 5.54. The molecule has 1 amide bonds. The van der Waals surface area contributed by atoms with Gasteiger partial charge < -0.3 is 5.32 Å². The number of carbonyl (C=O) groups excluding carboxylic acids is 1. The summed E-state index contributed by atoms with van der Waals surface area (Å²) >= 11 is 15.4. The molecule has 1 fully saturated rings. The van der Waals surface area contributed by atoms with Crippen molar-refractivity contribution in [1.82, 2.24) is 14.5 Å². The Morgan fingerprint density at radius 1 is 1.20 bits per heavy atom. The van der Waals surface area contributed by atoms with Crippen LogP contribution in [0.4, 0.5) is 0 Å². The van der Waals surface area contributed by atoms with Crippen LogP contribution in [0.1, 0.15) is 13.8 Å². The summed E-state index contributed by atoms with van der Waals surface area (Å²) in [5.74, 6) is -0.0645. The minimum Gasteiger partial charge on any atom is -0.353 e. The molecule has 1 aliphatic rings. The number of halogens is 3. The molecule has 0 radical (unpaired) electrons. The number of nitrogens with one attached hydrogen (secondary N) is 1. The quantitative estimate of drug-likeness (QED) is 0.714. The summed E-state index contributed by atoms with van der Waals surface area (Å²) in [5.41, 5.74) is 0. The molecule has 0 atom stereocenters. The average molecular weight is 473 g/mol. The summed E-state index contributed by atoms with van der Waals surface area (Å²) in [5, 5.41) is 2.99. The number of nitrogens with zero attached hydrogens (tertiary/aromatic N) is 2. The average Bonchev–Trinajstić information content (AvgIpc) is 2.45. The lowest BCUT2D eigenvalue weighted by Gasteiger charge is -2.34. The van der Waals surface area contributed by atoms with Gasteiger partial charge in [0.05, 0.1) is 16.6 Å². The molecular formula is C15H20BrCl2N3O3S. The highest BCUT2D eigenvalue weighted by Gasteiger charge is 2.32. The zero-order valence-electron chi connectivity index (χ0n) is 13.9. The van der Waals surface area contributed by atoms with E-state index in [2.05, 4.69) is 21.2 Å². The fourth-order valence-electron chi connectivity index (χ4n) is 2.60. The SMILES string of the molecule is CC(C)NC(=O)CN1CCN(S(=O)(=O)c2c(Cl)cc(Br)cc2Cl)CC1. The Bertz CT molecular complexity index is 727. The van der Waals surface area contributed by atoms with Gasteiger partial charge >= 0.3 is 0 Å². The van der Waals surface area contributed by atoms with Crippen molar-refractivity contribution in [1.29, 1.82) is 0 Å². The third-order valence-electron chi connectivity index (χ3n) is 3.71. The van der Waals surface area contributed by atoms with Crippen LogP contribution < -0.4 is 5.32 Å². The van der Waals surface area contributed by atoms with Gasteiger partial charge in [0.2, 0.25) is 15.9 Å². The van der Waals surface area contributed by atoms with E-state index in [-0.39, 0.29) is 46.5 Å². The lowest BCUT2D eigenvalue weighted by atomic mass is 10.3. The first-order valence-corrected chi connectivity index (χ1v) is 10.8. The number of hydrogen-bond donors (Lipinski definition) is 1. The molecule has 6 nitrogen and oxygen atoms in total. The Morgan fingerprint density at radius 3 is 2.20 bits per heavy atom. The highest BCUT2D eigenvalue weighted by molar-refractivity contribution is 9.10. The number of hydrogen-bond acceptors (Lipinski definition) is 4. The summed E-state index contributed by atoms with van der Waals surface area (Å²) in [6.07, 6.45) is 0. The Balaban J connectivity index is 2.06. The zero-order chi connectivity index (χ0) is 18.8. The Labute approximate surface area is 166 Å². The van der Waals surface area contributed by atoms with Crippen LogP contribution in [0.15, 0.2) is 21.5 Å². The van der Waals surface area contributed by atoms with Crippen molar-refractivity contribution < 1.29 is 13.2 Å². The number of amides is 1. The van der Waals surface area contributed by atoms with Gasteiger partial charge in [0.1, 0.15) is 4.90 Å². The molecule has 140 valence electrons. The molecule has 1 aromatic carbocycles. The van der Waals surface area contributed by atoms with Gasteiger partial charge in [0, 0.05) is 36.7 Å². The summed E-state index contributed by atoms with van der Waals surface area (Å²) in [7, 11) is -3.79. The molecule has 1 aliphatic heterocycles. The van der Waals surface area contributed by atoms with Crippen LogP contribution in [0.25, 0.3) is 0 Å². The Kier molecular flexibility index (Phi) is 7.15. The fourth-order valence-corrected chi connectivity index (χ4v) is 5.91. The monoisotopic (exact) mass is 471 g/mol. The smallest absolute Gasteiger partial charge is 0.246 e. The van der Waals surface area contributed by atoms with Crippen LogP contribution in [0.3, 0.4) is 0 Å². The van der Waals surface area contributed by atoms with Crippen molar-refractivity contribution in [2.24, 2.45) is 0 Å². The van der Waals surface area contributed by atoms with Crippen molar-refractivity contribution in [2.45, 2.75) is 24.8 Å². The highest BCUT2D eigenvalue weighted by atomic mass is 79.9. The highest BCUT2D eigenvalue weighted by Crippen LogP contribution is 2.34. The van der Waals surface area contributed by atoms with E-state index < -0.39 is 10.0 Å². The van der Waals surface area contributed by atoms with Crippen LogP contribution in [-0.4, -0.2) is 62.3 Å². The van der Waals surface area contributed by atoms with E-state index in [9.17, 15) is 13.2 Å². The summed E-state index contributed by atoms with van der Waals surface area (Å²) in [4.78, 5) is 13.7. The molecule has 1 aromatic rings. The van der Waals surface area contributed by atoms with Gasteiger partial charge in [-0.1, -0.05) is 39.1 Å². The minimum absolute atomic E-state index is 0.0645. The number of sulfonamides is 1. The maximum atomic E-state index is 12.9. The predicted octanol–water partition coefficient (Wildman–Crippen LogP) is 2.59. The second-order valence-electron chi connectivity index (χ2n) is 6.10. The van der Waals surface area contributed by atoms with E-state index in [4.69, 9.17) is 23.2 Å². The minimum atomic E-state index is -3.79. The maximum absolute atomic E-state index is 12.9. The molecule has 2 rings (SSSR count). The molecule has 0 spiro atoms. The van der Waals surface area contributed by atoms with Crippen molar-refractivity contribution in [3.05, 3.63) is 26.7 Å². The van der Waals surface area contributed by atoms with E-state index in [0.29, 0.717) is 17.6 Å². The van der Waals surface area contributed by atoms with Gasteiger partial charge in [0.25, 0.3) is 0 Å². The molecule has 1 N–H and O–H groups in total. The third-order valence-corrected chi connectivity index (χ3v) is 6.99. The van der Waals surface area contributed by atoms with Crippen LogP contribution in [-0.2, 0) is 14.8 Å². The van der Waals surface area contributed by atoms with Gasteiger partial charge in [-0.25, -0.2) is 8.42 Å². The van der Waals surface area contributed by atoms with Crippen molar-refractivity contribution in [3.63, 3.8) is 0 Å². The third kappa shape index (κ3) is 5.30. The fraction of sp³-hybridized carbons (Fsp3) is 0.533. The largest absolute Gasteiger partial charge is 0.353 e. The first kappa shape index (κ1) is 20.9. The molecule has 10 heteroatoms. The van der Waals surface area contributed by atoms with Crippen LogP contribution in [0.5, 0.6) is 0 Å². The van der Waals surface area contributed by atoms with Crippen molar-refractivity contribution in [3.8, 4) is 0 Å². The van der Waals surface area contributed by atoms with E-state index in [0.717, 1.165) is 0 Å². The summed E-state index contributed by atoms with van der Waals surface area (Å²) in [6, 6.07) is 3.09. The Morgan fingerprint density at radius 2 is 1.72 bits per heavy atom. The molecule has 0 aliphatic carbocycles. The van der Waals surface area contributed by atoms with E-state index >= 15 is 0 Å². The Hall–Kier alpha value is -0.380. The number of carbonyl (C=O) groups is 1. The van der Waals surface area contributed by atoms with Gasteiger partial charge in [-0.2, -0.15) is 4.31 Å². The van der Waals surface area contributed by atoms with Gasteiger partial charge in [-0.05, 0) is 26.0 Å². The zero-order valence-corrected chi connectivity index (χ0v) is 17.8. The van der Waals surface area contributed by atoms with Gasteiger partial charge in [0.15, 0.2) is 0 Å². The van der Waals surface area contributed by atoms with E-state index in [1.54, 1.807) is 0 Å². The topological polar surface area (TPSA) is 69.7 Å².